The lowest BCUT2D eigenvalue weighted by molar-refractivity contribution is -0.122. The van der Waals surface area contributed by atoms with Crippen LogP contribution in [0.5, 0.6) is 11.5 Å². The van der Waals surface area contributed by atoms with Crippen LogP contribution in [0.2, 0.25) is 0 Å². The number of thioether (sulfide) groups is 1. The van der Waals surface area contributed by atoms with Crippen LogP contribution in [0.15, 0.2) is 18.2 Å². The van der Waals surface area contributed by atoms with Crippen LogP contribution in [-0.2, 0) is 4.79 Å². The van der Waals surface area contributed by atoms with Crippen molar-refractivity contribution in [3.63, 3.8) is 0 Å². The average molecular weight is 323 g/mol. The Morgan fingerprint density at radius 3 is 2.82 bits per heavy atom. The standard InChI is InChI=1S/C13H13N3O5S/c17-11(6-16-3-4-22-13(16)19)14-15-12(18)8-1-2-9-10(5-8)21-7-20-9/h1-2,5H,3-4,6-7H2,(H,14,17)(H,15,18). The molecule has 0 aromatic heterocycles. The Labute approximate surface area is 130 Å². The summed E-state index contributed by atoms with van der Waals surface area (Å²) in [6, 6.07) is 4.72. The van der Waals surface area contributed by atoms with Gasteiger partial charge >= 0.3 is 0 Å². The van der Waals surface area contributed by atoms with E-state index in [9.17, 15) is 14.4 Å². The highest BCUT2D eigenvalue weighted by molar-refractivity contribution is 8.13. The van der Waals surface area contributed by atoms with Gasteiger partial charge in [0, 0.05) is 17.9 Å². The van der Waals surface area contributed by atoms with E-state index in [-0.39, 0.29) is 18.6 Å². The summed E-state index contributed by atoms with van der Waals surface area (Å²) in [6.45, 7) is 0.583. The minimum absolute atomic E-state index is 0.0761. The summed E-state index contributed by atoms with van der Waals surface area (Å²) in [6.07, 6.45) is 0. The summed E-state index contributed by atoms with van der Waals surface area (Å²) >= 11 is 1.17. The number of rotatable bonds is 3. The number of ether oxygens (including phenoxy) is 2. The third-order valence-electron chi connectivity index (χ3n) is 3.13. The second kappa shape index (κ2) is 6.14. The van der Waals surface area contributed by atoms with Gasteiger partial charge in [0.15, 0.2) is 11.5 Å². The molecule has 2 aliphatic heterocycles. The summed E-state index contributed by atoms with van der Waals surface area (Å²) < 4.78 is 10.3. The van der Waals surface area contributed by atoms with Gasteiger partial charge in [0.1, 0.15) is 6.54 Å². The molecule has 2 aliphatic rings. The van der Waals surface area contributed by atoms with Crippen molar-refractivity contribution in [3.05, 3.63) is 23.8 Å². The Balaban J connectivity index is 1.51. The van der Waals surface area contributed by atoms with Crippen LogP contribution in [0.25, 0.3) is 0 Å². The van der Waals surface area contributed by atoms with Gasteiger partial charge in [0.05, 0.1) is 0 Å². The number of fused-ring (bicyclic) bond motifs is 1. The number of hydrazine groups is 1. The number of benzene rings is 1. The first kappa shape index (κ1) is 14.5. The van der Waals surface area contributed by atoms with E-state index in [1.54, 1.807) is 12.1 Å². The molecule has 1 fully saturated rings. The lowest BCUT2D eigenvalue weighted by Crippen LogP contribution is -2.46. The van der Waals surface area contributed by atoms with Crippen LogP contribution in [0.3, 0.4) is 0 Å². The van der Waals surface area contributed by atoms with Gasteiger partial charge in [-0.25, -0.2) is 0 Å². The van der Waals surface area contributed by atoms with Gasteiger partial charge in [0.2, 0.25) is 6.79 Å². The number of hydrogen-bond donors (Lipinski definition) is 2. The number of amides is 3. The normalized spacial score (nSPS) is 15.8. The SMILES string of the molecule is O=C(CN1CCSC1=O)NNC(=O)c1ccc2c(c1)OCO2. The molecule has 2 N–H and O–H groups in total. The molecule has 3 amide bonds. The molecule has 3 rings (SSSR count). The first-order valence-corrected chi connectivity index (χ1v) is 7.52. The van der Waals surface area contributed by atoms with E-state index in [2.05, 4.69) is 10.9 Å². The molecule has 8 nitrogen and oxygen atoms in total. The van der Waals surface area contributed by atoms with Crippen LogP contribution in [0.4, 0.5) is 4.79 Å². The molecular weight excluding hydrogens is 310 g/mol. The molecule has 0 aliphatic carbocycles. The van der Waals surface area contributed by atoms with Crippen molar-refractivity contribution in [2.45, 2.75) is 0 Å². The van der Waals surface area contributed by atoms with Gasteiger partial charge in [-0.15, -0.1) is 0 Å². The topological polar surface area (TPSA) is 97.0 Å². The van der Waals surface area contributed by atoms with Crippen LogP contribution < -0.4 is 20.3 Å². The molecule has 1 saturated heterocycles. The lowest BCUT2D eigenvalue weighted by Gasteiger charge is -2.14. The molecule has 0 unspecified atom stereocenters. The Morgan fingerprint density at radius 1 is 1.23 bits per heavy atom. The molecule has 0 atom stereocenters. The number of nitrogens with zero attached hydrogens (tertiary/aromatic N) is 1. The zero-order chi connectivity index (χ0) is 15.5. The lowest BCUT2D eigenvalue weighted by atomic mass is 10.2. The molecule has 0 saturated carbocycles. The maximum absolute atomic E-state index is 11.9. The minimum atomic E-state index is -0.478. The summed E-state index contributed by atoms with van der Waals surface area (Å²) in [7, 11) is 0. The van der Waals surface area contributed by atoms with Crippen molar-refractivity contribution in [3.8, 4) is 11.5 Å². The van der Waals surface area contributed by atoms with Crippen molar-refractivity contribution >= 4 is 28.8 Å². The van der Waals surface area contributed by atoms with Gasteiger partial charge in [-0.05, 0) is 18.2 Å². The Bertz CT molecular complexity index is 636. The summed E-state index contributed by atoms with van der Waals surface area (Å²) in [5, 5.41) is -0.128. The van der Waals surface area contributed by atoms with Crippen LogP contribution in [0.1, 0.15) is 10.4 Å². The zero-order valence-corrected chi connectivity index (χ0v) is 12.3. The molecule has 9 heteroatoms. The summed E-state index contributed by atoms with van der Waals surface area (Å²) in [5.74, 6) is 0.804. The quantitative estimate of drug-likeness (QED) is 0.779. The Morgan fingerprint density at radius 2 is 2.05 bits per heavy atom. The van der Waals surface area contributed by atoms with E-state index in [4.69, 9.17) is 9.47 Å². The van der Waals surface area contributed by atoms with E-state index < -0.39 is 11.8 Å². The number of carbonyl (C=O) groups excluding carboxylic acids is 3. The van der Waals surface area contributed by atoms with E-state index in [1.165, 1.54) is 22.7 Å². The molecule has 116 valence electrons. The molecule has 0 spiro atoms. The fourth-order valence-electron chi connectivity index (χ4n) is 2.02. The van der Waals surface area contributed by atoms with Crippen molar-refractivity contribution in [1.29, 1.82) is 0 Å². The maximum atomic E-state index is 11.9. The zero-order valence-electron chi connectivity index (χ0n) is 11.5. The third kappa shape index (κ3) is 3.08. The minimum Gasteiger partial charge on any atom is -0.454 e. The molecule has 1 aromatic rings. The number of nitrogens with one attached hydrogen (secondary N) is 2. The fraction of sp³-hybridized carbons (Fsp3) is 0.308. The number of carbonyl (C=O) groups is 3. The maximum Gasteiger partial charge on any atom is 0.282 e. The van der Waals surface area contributed by atoms with Gasteiger partial charge in [0.25, 0.3) is 17.1 Å². The average Bonchev–Trinajstić information content (AvgIpc) is 3.13. The van der Waals surface area contributed by atoms with E-state index in [0.717, 1.165) is 0 Å². The van der Waals surface area contributed by atoms with Crippen LogP contribution in [0, 0.1) is 0 Å². The van der Waals surface area contributed by atoms with E-state index in [0.29, 0.717) is 29.4 Å². The summed E-state index contributed by atoms with van der Waals surface area (Å²) in [4.78, 5) is 36.4. The van der Waals surface area contributed by atoms with Crippen LogP contribution >= 0.6 is 11.8 Å². The molecule has 2 heterocycles. The highest BCUT2D eigenvalue weighted by atomic mass is 32.2. The van der Waals surface area contributed by atoms with Crippen molar-refractivity contribution in [2.24, 2.45) is 0 Å². The monoisotopic (exact) mass is 323 g/mol. The molecule has 1 aromatic carbocycles. The molecule has 22 heavy (non-hydrogen) atoms. The highest BCUT2D eigenvalue weighted by Crippen LogP contribution is 2.32. The molecular formula is C13H13N3O5S. The second-order valence-corrected chi connectivity index (χ2v) is 5.65. The fourth-order valence-corrected chi connectivity index (χ4v) is 2.84. The second-order valence-electron chi connectivity index (χ2n) is 4.61. The first-order chi connectivity index (χ1) is 10.6. The van der Waals surface area contributed by atoms with Gasteiger partial charge in [-0.2, -0.15) is 0 Å². The van der Waals surface area contributed by atoms with Gasteiger partial charge in [-0.1, -0.05) is 11.8 Å². The van der Waals surface area contributed by atoms with Crippen molar-refractivity contribution < 1.29 is 23.9 Å². The highest BCUT2D eigenvalue weighted by Gasteiger charge is 2.23. The summed E-state index contributed by atoms with van der Waals surface area (Å²) in [5.41, 5.74) is 4.91. The predicted molar refractivity (Wildman–Crippen MR) is 77.6 cm³/mol. The molecule has 0 radical (unpaired) electrons. The first-order valence-electron chi connectivity index (χ1n) is 6.54. The van der Waals surface area contributed by atoms with E-state index >= 15 is 0 Å². The van der Waals surface area contributed by atoms with Crippen molar-refractivity contribution in [2.75, 3.05) is 25.6 Å². The Hall–Kier alpha value is -2.42. The van der Waals surface area contributed by atoms with Crippen LogP contribution in [-0.4, -0.2) is 47.6 Å². The third-order valence-corrected chi connectivity index (χ3v) is 4.02. The van der Waals surface area contributed by atoms with E-state index in [1.807, 2.05) is 0 Å². The number of hydrogen-bond acceptors (Lipinski definition) is 6. The predicted octanol–water partition coefficient (Wildman–Crippen LogP) is 0.345. The molecule has 0 bridgehead atoms. The van der Waals surface area contributed by atoms with Gasteiger partial charge < -0.3 is 14.4 Å². The van der Waals surface area contributed by atoms with Gasteiger partial charge in [-0.3, -0.25) is 25.2 Å². The smallest absolute Gasteiger partial charge is 0.282 e. The Kier molecular flexibility index (Phi) is 4.05. The largest absolute Gasteiger partial charge is 0.454 e. The van der Waals surface area contributed by atoms with Crippen molar-refractivity contribution in [1.82, 2.24) is 15.8 Å².